The molecule has 1 saturated heterocycles. The van der Waals surface area contributed by atoms with Gasteiger partial charge in [0.15, 0.2) is 0 Å². The second-order valence-corrected chi connectivity index (χ2v) is 10.5. The minimum absolute atomic E-state index is 0.252. The van der Waals surface area contributed by atoms with Crippen molar-refractivity contribution in [2.45, 2.75) is 83.0 Å². The zero-order valence-electron chi connectivity index (χ0n) is 17.2. The van der Waals surface area contributed by atoms with E-state index < -0.39 is 0 Å². The zero-order chi connectivity index (χ0) is 18.5. The molecule has 0 aromatic heterocycles. The van der Waals surface area contributed by atoms with Gasteiger partial charge in [0.25, 0.3) is 0 Å². The number of hydrogen-bond acceptors (Lipinski definition) is 2. The van der Waals surface area contributed by atoms with Crippen LogP contribution < -0.4 is 0 Å². The average Bonchev–Trinajstić information content (AvgIpc) is 2.68. The van der Waals surface area contributed by atoms with E-state index in [4.69, 9.17) is 0 Å². The van der Waals surface area contributed by atoms with Crippen molar-refractivity contribution in [3.63, 3.8) is 0 Å². The van der Waals surface area contributed by atoms with Crippen molar-refractivity contribution in [2.75, 3.05) is 19.6 Å². The molecule has 1 aromatic rings. The van der Waals surface area contributed by atoms with Crippen LogP contribution in [-0.4, -0.2) is 29.6 Å². The van der Waals surface area contributed by atoms with Crippen LogP contribution in [0.15, 0.2) is 18.2 Å². The molecule has 1 aliphatic heterocycles. The lowest BCUT2D eigenvalue weighted by molar-refractivity contribution is -0.0546. The van der Waals surface area contributed by atoms with Crippen LogP contribution in [-0.2, 0) is 11.8 Å². The molecule has 1 heterocycles. The fourth-order valence-corrected chi connectivity index (χ4v) is 7.58. The first-order valence-corrected chi connectivity index (χ1v) is 11.7. The Morgan fingerprint density at radius 3 is 2.70 bits per heavy atom. The number of hydrogen-bond donors (Lipinski definition) is 1. The topological polar surface area (TPSA) is 23.5 Å². The first-order chi connectivity index (χ1) is 13.1. The highest BCUT2D eigenvalue weighted by Gasteiger charge is 2.59. The number of nitrogens with zero attached hydrogens (tertiary/aromatic N) is 1. The van der Waals surface area contributed by atoms with Gasteiger partial charge in [0, 0.05) is 24.1 Å². The zero-order valence-corrected chi connectivity index (χ0v) is 17.2. The Morgan fingerprint density at radius 2 is 1.85 bits per heavy atom. The van der Waals surface area contributed by atoms with E-state index >= 15 is 0 Å². The van der Waals surface area contributed by atoms with Gasteiger partial charge in [0.05, 0.1) is 0 Å². The van der Waals surface area contributed by atoms with Gasteiger partial charge in [-0.15, -0.1) is 0 Å². The predicted octanol–water partition coefficient (Wildman–Crippen LogP) is 5.67. The lowest BCUT2D eigenvalue weighted by Crippen LogP contribution is -2.61. The molecule has 1 aromatic carbocycles. The van der Waals surface area contributed by atoms with Crippen molar-refractivity contribution in [3.05, 3.63) is 29.3 Å². The van der Waals surface area contributed by atoms with Gasteiger partial charge < -0.3 is 10.0 Å². The number of phenolic OH excluding ortho intramolecular Hbond substituents is 1. The third kappa shape index (κ3) is 2.85. The average molecular weight is 368 g/mol. The number of likely N-dealkylation sites (tertiary alicyclic amines) is 1. The molecule has 2 unspecified atom stereocenters. The van der Waals surface area contributed by atoms with Gasteiger partial charge in [-0.1, -0.05) is 44.7 Å². The van der Waals surface area contributed by atoms with Crippen molar-refractivity contribution in [1.82, 2.24) is 4.90 Å². The number of phenols is 1. The Balaban J connectivity index is 1.42. The third-order valence-corrected chi connectivity index (χ3v) is 9.04. The van der Waals surface area contributed by atoms with Gasteiger partial charge in [0.1, 0.15) is 5.75 Å². The Labute approximate surface area is 165 Å². The highest BCUT2D eigenvalue weighted by molar-refractivity contribution is 5.49. The summed E-state index contributed by atoms with van der Waals surface area (Å²) in [7, 11) is 0. The van der Waals surface area contributed by atoms with E-state index in [1.807, 2.05) is 6.07 Å². The SMILES string of the molecule is CC1CCC(CN2CCC34CCCCC3(CCc3cccc(O)c34)C2)CC1. The maximum Gasteiger partial charge on any atom is 0.119 e. The monoisotopic (exact) mass is 367 g/mol. The summed E-state index contributed by atoms with van der Waals surface area (Å²) < 4.78 is 0. The Kier molecular flexibility index (Phi) is 4.54. The van der Waals surface area contributed by atoms with Crippen LogP contribution in [0.5, 0.6) is 5.75 Å². The van der Waals surface area contributed by atoms with Crippen LogP contribution >= 0.6 is 0 Å². The quantitative estimate of drug-likeness (QED) is 0.728. The minimum Gasteiger partial charge on any atom is -0.508 e. The Hall–Kier alpha value is -1.02. The summed E-state index contributed by atoms with van der Waals surface area (Å²) in [6.45, 7) is 6.28. The molecule has 0 spiro atoms. The van der Waals surface area contributed by atoms with Crippen molar-refractivity contribution < 1.29 is 5.11 Å². The molecular formula is C25H37NO. The van der Waals surface area contributed by atoms with E-state index in [0.29, 0.717) is 11.2 Å². The highest BCUT2D eigenvalue weighted by atomic mass is 16.3. The van der Waals surface area contributed by atoms with Crippen LogP contribution in [0.3, 0.4) is 0 Å². The van der Waals surface area contributed by atoms with Gasteiger partial charge in [-0.05, 0) is 80.4 Å². The van der Waals surface area contributed by atoms with E-state index in [1.54, 1.807) is 0 Å². The standard InChI is InChI=1S/C25H37NO/c1-19-7-9-20(10-8-19)17-26-16-15-25-13-3-2-12-24(25,18-26)14-11-21-5-4-6-22(27)23(21)25/h4-6,19-20,27H,2-3,7-18H2,1H3. The number of aryl methyl sites for hydroxylation is 1. The van der Waals surface area contributed by atoms with Crippen LogP contribution in [0.25, 0.3) is 0 Å². The summed E-state index contributed by atoms with van der Waals surface area (Å²) in [5.41, 5.74) is 3.48. The van der Waals surface area contributed by atoms with Crippen LogP contribution in [0, 0.1) is 17.3 Å². The van der Waals surface area contributed by atoms with E-state index in [0.717, 1.165) is 11.8 Å². The highest BCUT2D eigenvalue weighted by Crippen LogP contribution is 2.63. The molecule has 3 fully saturated rings. The van der Waals surface area contributed by atoms with Gasteiger partial charge in [-0.25, -0.2) is 0 Å². The summed E-state index contributed by atoms with van der Waals surface area (Å²) in [4.78, 5) is 2.84. The largest absolute Gasteiger partial charge is 0.508 e. The van der Waals surface area contributed by atoms with Crippen molar-refractivity contribution in [2.24, 2.45) is 17.3 Å². The molecule has 2 heteroatoms. The molecule has 2 atom stereocenters. The normalized spacial score (nSPS) is 39.3. The second kappa shape index (κ2) is 6.79. The summed E-state index contributed by atoms with van der Waals surface area (Å²) >= 11 is 0. The Bertz CT molecular complexity index is 692. The number of rotatable bonds is 2. The molecule has 0 bridgehead atoms. The molecule has 2 saturated carbocycles. The van der Waals surface area contributed by atoms with Crippen LogP contribution in [0.1, 0.15) is 82.3 Å². The summed E-state index contributed by atoms with van der Waals surface area (Å²) in [5, 5.41) is 10.9. The predicted molar refractivity (Wildman–Crippen MR) is 111 cm³/mol. The summed E-state index contributed by atoms with van der Waals surface area (Å²) in [6, 6.07) is 6.30. The fourth-order valence-electron chi connectivity index (χ4n) is 7.58. The minimum atomic E-state index is 0.252. The van der Waals surface area contributed by atoms with E-state index in [2.05, 4.69) is 24.0 Å². The molecule has 5 rings (SSSR count). The van der Waals surface area contributed by atoms with Gasteiger partial charge in [0.2, 0.25) is 0 Å². The number of benzene rings is 1. The first-order valence-electron chi connectivity index (χ1n) is 11.7. The number of piperidine rings is 1. The fraction of sp³-hybridized carbons (Fsp3) is 0.760. The van der Waals surface area contributed by atoms with Crippen LogP contribution in [0.2, 0.25) is 0 Å². The van der Waals surface area contributed by atoms with Gasteiger partial charge >= 0.3 is 0 Å². The lowest BCUT2D eigenvalue weighted by Gasteiger charge is -2.62. The molecule has 0 amide bonds. The van der Waals surface area contributed by atoms with Crippen molar-refractivity contribution in [1.29, 1.82) is 0 Å². The smallest absolute Gasteiger partial charge is 0.119 e. The molecule has 2 nitrogen and oxygen atoms in total. The molecule has 148 valence electrons. The second-order valence-electron chi connectivity index (χ2n) is 10.5. The Morgan fingerprint density at radius 1 is 1.04 bits per heavy atom. The van der Waals surface area contributed by atoms with Crippen LogP contribution in [0.4, 0.5) is 0 Å². The third-order valence-electron chi connectivity index (χ3n) is 9.04. The first kappa shape index (κ1) is 18.0. The van der Waals surface area contributed by atoms with Gasteiger partial charge in [-0.2, -0.15) is 0 Å². The molecule has 3 aliphatic carbocycles. The van der Waals surface area contributed by atoms with Crippen molar-refractivity contribution in [3.8, 4) is 5.75 Å². The lowest BCUT2D eigenvalue weighted by atomic mass is 9.46. The summed E-state index contributed by atoms with van der Waals surface area (Å²) in [6.07, 6.45) is 14.9. The van der Waals surface area contributed by atoms with E-state index in [-0.39, 0.29) is 5.41 Å². The maximum atomic E-state index is 10.9. The van der Waals surface area contributed by atoms with E-state index in [1.165, 1.54) is 101 Å². The number of fused-ring (bicyclic) bond motifs is 1. The molecule has 1 N–H and O–H groups in total. The number of aromatic hydroxyl groups is 1. The summed E-state index contributed by atoms with van der Waals surface area (Å²) in [5.74, 6) is 2.47. The maximum absolute atomic E-state index is 10.9. The molecule has 27 heavy (non-hydrogen) atoms. The van der Waals surface area contributed by atoms with Gasteiger partial charge in [-0.3, -0.25) is 0 Å². The van der Waals surface area contributed by atoms with Crippen molar-refractivity contribution >= 4 is 0 Å². The molecule has 0 radical (unpaired) electrons. The molecule has 4 aliphatic rings. The molecular weight excluding hydrogens is 330 g/mol. The van der Waals surface area contributed by atoms with E-state index in [9.17, 15) is 5.11 Å².